The molecule has 4 saturated carbocycles. The molecule has 1 aromatic rings. The van der Waals surface area contributed by atoms with Gasteiger partial charge in [0.25, 0.3) is 0 Å². The molecule has 8 rings (SSSR count). The van der Waals surface area contributed by atoms with Gasteiger partial charge in [0.2, 0.25) is 5.79 Å². The average Bonchev–Trinajstić information content (AvgIpc) is 3.34. The lowest BCUT2D eigenvalue weighted by Crippen LogP contribution is -2.85. The number of rotatable bonds is 6. The molecule has 1 aromatic carbocycles. The van der Waals surface area contributed by atoms with Gasteiger partial charge in [-0.15, -0.1) is 0 Å². The van der Waals surface area contributed by atoms with Crippen LogP contribution in [0.3, 0.4) is 0 Å². The molecular weight excluding hydrogens is 817 g/mol. The van der Waals surface area contributed by atoms with Crippen LogP contribution in [0.4, 0.5) is 5.69 Å². The normalized spacial score (nSPS) is 44.7. The van der Waals surface area contributed by atoms with Crippen molar-refractivity contribution < 1.29 is 72.0 Å². The van der Waals surface area contributed by atoms with Crippen molar-refractivity contribution in [2.75, 3.05) is 25.4 Å². The fourth-order valence-electron chi connectivity index (χ4n) is 12.8. The van der Waals surface area contributed by atoms with E-state index in [0.717, 1.165) is 19.3 Å². The van der Waals surface area contributed by atoms with Gasteiger partial charge >= 0.3 is 22.3 Å². The van der Waals surface area contributed by atoms with Crippen molar-refractivity contribution in [3.8, 4) is 0 Å². The maximum absolute atomic E-state index is 12.9. The number of nitrogens with two attached hydrogens (primary N) is 1. The number of ether oxygens (including phenoxy) is 3. The van der Waals surface area contributed by atoms with Crippen LogP contribution >= 0.6 is 0 Å². The van der Waals surface area contributed by atoms with Crippen LogP contribution in [0, 0.1) is 29.1 Å². The lowest BCUT2D eigenvalue weighted by atomic mass is 9.49. The number of fused-ring (bicyclic) bond motifs is 5. The molecular formula is C43H66N2O15S. The van der Waals surface area contributed by atoms with E-state index in [0.29, 0.717) is 68.0 Å². The fourth-order valence-corrected chi connectivity index (χ4v) is 12.8. The van der Waals surface area contributed by atoms with E-state index in [9.17, 15) is 40.2 Å². The van der Waals surface area contributed by atoms with Crippen molar-refractivity contribution in [2.45, 2.75) is 158 Å². The zero-order valence-electron chi connectivity index (χ0n) is 36.0. The predicted octanol–water partition coefficient (Wildman–Crippen LogP) is 2.56. The van der Waals surface area contributed by atoms with Gasteiger partial charge in [0.1, 0.15) is 22.4 Å². The van der Waals surface area contributed by atoms with Crippen LogP contribution in [0.25, 0.3) is 0 Å². The van der Waals surface area contributed by atoms with Crippen LogP contribution < -0.4 is 5.73 Å². The first-order valence-corrected chi connectivity index (χ1v) is 22.9. The second kappa shape index (κ2) is 16.4. The summed E-state index contributed by atoms with van der Waals surface area (Å²) < 4.78 is 49.2. The molecule has 3 heterocycles. The van der Waals surface area contributed by atoms with Crippen molar-refractivity contribution in [2.24, 2.45) is 29.1 Å². The molecule has 14 unspecified atom stereocenters. The lowest BCUT2D eigenvalue weighted by Gasteiger charge is -2.68. The molecule has 344 valence electrons. The third-order valence-electron chi connectivity index (χ3n) is 15.9. The molecule has 14 atom stereocenters. The Morgan fingerprint density at radius 2 is 1.57 bits per heavy atom. The summed E-state index contributed by atoms with van der Waals surface area (Å²) in [6.07, 6.45) is 4.22. The van der Waals surface area contributed by atoms with Gasteiger partial charge in [-0.3, -0.25) is 14.0 Å². The van der Waals surface area contributed by atoms with Gasteiger partial charge in [-0.2, -0.15) is 8.42 Å². The number of hydrogen-bond donors (Lipinski definition) is 9. The largest absolute Gasteiger partial charge is 0.462 e. The van der Waals surface area contributed by atoms with Gasteiger partial charge in [-0.05, 0) is 95.9 Å². The predicted molar refractivity (Wildman–Crippen MR) is 220 cm³/mol. The summed E-state index contributed by atoms with van der Waals surface area (Å²) in [5.41, 5.74) is -2.26. The number of aliphatic hydroxyl groups is 6. The van der Waals surface area contributed by atoms with E-state index in [1.54, 1.807) is 51.1 Å². The summed E-state index contributed by atoms with van der Waals surface area (Å²) in [6.45, 7) is 12.6. The number of nitrogens with zero attached hydrogens (tertiary/aromatic N) is 1. The van der Waals surface area contributed by atoms with Crippen molar-refractivity contribution in [1.82, 2.24) is 4.90 Å². The Kier molecular flexibility index (Phi) is 12.8. The van der Waals surface area contributed by atoms with Crippen molar-refractivity contribution in [1.29, 1.82) is 0 Å². The first-order valence-electron chi connectivity index (χ1n) is 21.5. The van der Waals surface area contributed by atoms with Crippen LogP contribution in [0.1, 0.15) is 116 Å². The number of nitrogen functional groups attached to an aromatic ring is 1. The molecule has 4 bridgehead atoms. The van der Waals surface area contributed by atoms with Crippen molar-refractivity contribution in [3.63, 3.8) is 0 Å². The molecule has 7 fully saturated rings. The molecule has 3 saturated heterocycles. The second-order valence-corrected chi connectivity index (χ2v) is 20.1. The third-order valence-corrected chi connectivity index (χ3v) is 15.9. The van der Waals surface area contributed by atoms with Crippen LogP contribution in [-0.2, 0) is 29.4 Å². The molecule has 17 nitrogen and oxygen atoms in total. The van der Waals surface area contributed by atoms with E-state index < -0.39 is 85.5 Å². The highest BCUT2D eigenvalue weighted by atomic mass is 32.3. The van der Waals surface area contributed by atoms with E-state index in [4.69, 9.17) is 37.5 Å². The number of piperidine rings is 2. The van der Waals surface area contributed by atoms with E-state index in [1.807, 2.05) is 6.92 Å². The molecule has 0 aromatic heterocycles. The quantitative estimate of drug-likeness (QED) is 0.0652. The van der Waals surface area contributed by atoms with Gasteiger partial charge in [0.15, 0.2) is 6.10 Å². The fraction of sp³-hybridized carbons (Fsp3) is 0.767. The van der Waals surface area contributed by atoms with Crippen LogP contribution in [-0.4, -0.2) is 137 Å². The number of carbonyl (C=O) groups is 2. The first-order chi connectivity index (χ1) is 28.2. The summed E-state index contributed by atoms with van der Waals surface area (Å²) in [4.78, 5) is 26.3. The Labute approximate surface area is 357 Å². The number of hydrogen-bond acceptors (Lipinski definition) is 15. The molecule has 0 amide bonds. The maximum atomic E-state index is 12.9. The van der Waals surface area contributed by atoms with Gasteiger partial charge in [0, 0.05) is 66.4 Å². The molecule has 18 heteroatoms. The molecule has 61 heavy (non-hydrogen) atoms. The summed E-state index contributed by atoms with van der Waals surface area (Å²) in [5, 5.41) is 73.9. The van der Waals surface area contributed by atoms with E-state index in [2.05, 4.69) is 18.7 Å². The highest BCUT2D eigenvalue weighted by Crippen LogP contribution is 2.78. The average molecular weight is 883 g/mol. The SMILES string of the molecule is CC=C(C)C(=O)OC1CCC2(C)C3CCC4C5(O)CC(O)C6(O)C(CN7CC(C)CCC7C6(C)O)C5(O)CC42OC13O.CCCCOC(=O)c1ccc(N)cc1.O=S(=O)(O)O. The molecule has 10 N–H and O–H groups in total. The minimum Gasteiger partial charge on any atom is -0.462 e. The molecule has 3 aliphatic heterocycles. The molecule has 4 aliphatic carbocycles. The highest BCUT2D eigenvalue weighted by molar-refractivity contribution is 7.79. The summed E-state index contributed by atoms with van der Waals surface area (Å²) in [5.74, 6) is -4.33. The van der Waals surface area contributed by atoms with Gasteiger partial charge < -0.3 is 50.6 Å². The summed E-state index contributed by atoms with van der Waals surface area (Å²) >= 11 is 0. The zero-order chi connectivity index (χ0) is 45.4. The highest BCUT2D eigenvalue weighted by Gasteiger charge is 2.88. The number of esters is 2. The number of aliphatic hydroxyl groups excluding tert-OH is 1. The summed E-state index contributed by atoms with van der Waals surface area (Å²) in [6, 6.07) is 6.34. The van der Waals surface area contributed by atoms with E-state index in [1.165, 1.54) is 0 Å². The topological polar surface area (TPSA) is 287 Å². The number of anilines is 1. The Bertz CT molecular complexity index is 1960. The Balaban J connectivity index is 0.000000273. The first kappa shape index (κ1) is 47.7. The lowest BCUT2D eigenvalue weighted by molar-refractivity contribution is -0.354. The molecule has 1 spiro atoms. The minimum absolute atomic E-state index is 0.0606. The smallest absolute Gasteiger partial charge is 0.394 e. The Hall–Kier alpha value is -2.75. The number of carbonyl (C=O) groups excluding carboxylic acids is 2. The standard InChI is InChI=1S/C32H49NO9.C11H15NO2.H2O4S/c1-6-18(3)25(35)41-24-11-12-26(4)19-8-9-20-28(37)13-23(34)31(39)21(29(28,38)16-30(20,26)42-32(19,24)40)15-33-14-17(2)7-10-22(33)27(31,5)36;1-2-3-8-14-11(13)9-4-6-10(12)7-5-9;1-5(2,3)4/h6,17,19-24,34,36-40H,7-16H2,1-5H3;4-7H,2-3,8,12H2,1H3;(H2,1,2,3,4). The van der Waals surface area contributed by atoms with Crippen LogP contribution in [0.15, 0.2) is 35.9 Å². The zero-order valence-corrected chi connectivity index (χ0v) is 36.8. The molecule has 0 radical (unpaired) electrons. The van der Waals surface area contributed by atoms with Crippen molar-refractivity contribution in [3.05, 3.63) is 41.5 Å². The van der Waals surface area contributed by atoms with Gasteiger partial charge in [-0.1, -0.05) is 33.3 Å². The Morgan fingerprint density at radius 1 is 0.951 bits per heavy atom. The third kappa shape index (κ3) is 7.54. The van der Waals surface area contributed by atoms with Gasteiger partial charge in [-0.25, -0.2) is 9.59 Å². The Morgan fingerprint density at radius 3 is 2.18 bits per heavy atom. The number of benzene rings is 1. The minimum atomic E-state index is -4.67. The van der Waals surface area contributed by atoms with Crippen LogP contribution in [0.2, 0.25) is 0 Å². The number of unbranched alkanes of at least 4 members (excludes halogenated alkanes) is 1. The maximum Gasteiger partial charge on any atom is 0.394 e. The van der Waals surface area contributed by atoms with Crippen molar-refractivity contribution >= 4 is 28.0 Å². The van der Waals surface area contributed by atoms with Crippen LogP contribution in [0.5, 0.6) is 0 Å². The monoisotopic (exact) mass is 882 g/mol. The van der Waals surface area contributed by atoms with E-state index in [-0.39, 0.29) is 31.4 Å². The molecule has 7 aliphatic rings. The van der Waals surface area contributed by atoms with E-state index >= 15 is 0 Å². The summed E-state index contributed by atoms with van der Waals surface area (Å²) in [7, 11) is -4.67. The van der Waals surface area contributed by atoms with Gasteiger partial charge in [0.05, 0.1) is 23.9 Å². The second-order valence-electron chi connectivity index (χ2n) is 19.2. The number of allylic oxidation sites excluding steroid dienone is 1.